The van der Waals surface area contributed by atoms with E-state index in [2.05, 4.69) is 6.07 Å². The fourth-order valence-electron chi connectivity index (χ4n) is 2.00. The minimum absolute atomic E-state index is 0.135. The predicted molar refractivity (Wildman–Crippen MR) is 68.5 cm³/mol. The van der Waals surface area contributed by atoms with Gasteiger partial charge in [0.25, 0.3) is 0 Å². The van der Waals surface area contributed by atoms with Gasteiger partial charge in [-0.2, -0.15) is 5.26 Å². The first kappa shape index (κ1) is 14.3. The number of hydrogen-bond donors (Lipinski definition) is 0. The third kappa shape index (κ3) is 2.73. The van der Waals surface area contributed by atoms with Gasteiger partial charge in [-0.05, 0) is 31.9 Å². The van der Waals surface area contributed by atoms with Crippen LogP contribution in [0.2, 0.25) is 0 Å². The van der Waals surface area contributed by atoms with Crippen molar-refractivity contribution in [1.82, 2.24) is 4.90 Å². The fraction of sp³-hybridized carbons (Fsp3) is 0.571. The lowest BCUT2D eigenvalue weighted by atomic mass is 9.82. The van der Waals surface area contributed by atoms with Crippen molar-refractivity contribution < 1.29 is 9.21 Å². The van der Waals surface area contributed by atoms with Crippen molar-refractivity contribution in [2.24, 2.45) is 5.41 Å². The molecule has 98 valence electrons. The van der Waals surface area contributed by atoms with Crippen LogP contribution in [-0.2, 0) is 11.3 Å². The Morgan fingerprint density at radius 2 is 2.06 bits per heavy atom. The summed E-state index contributed by atoms with van der Waals surface area (Å²) in [5.74, 6) is 1.43. The van der Waals surface area contributed by atoms with Crippen molar-refractivity contribution in [2.45, 2.75) is 40.2 Å². The van der Waals surface area contributed by atoms with Crippen LogP contribution in [0, 0.1) is 23.7 Å². The lowest BCUT2D eigenvalue weighted by Crippen LogP contribution is -2.40. The molecule has 0 aromatic carbocycles. The highest BCUT2D eigenvalue weighted by molar-refractivity contribution is 5.85. The normalized spacial score (nSPS) is 11.1. The SMILES string of the molecule is CCC(C#N)(CC)C(=O)N(C)Cc1ccc(C)o1. The van der Waals surface area contributed by atoms with Crippen LogP contribution in [0.3, 0.4) is 0 Å². The number of hydrogen-bond acceptors (Lipinski definition) is 3. The van der Waals surface area contributed by atoms with Gasteiger partial charge in [-0.3, -0.25) is 4.79 Å². The lowest BCUT2D eigenvalue weighted by Gasteiger charge is -2.27. The molecule has 1 aromatic rings. The molecule has 4 heteroatoms. The summed E-state index contributed by atoms with van der Waals surface area (Å²) in [7, 11) is 1.71. The van der Waals surface area contributed by atoms with Crippen LogP contribution in [0.25, 0.3) is 0 Å². The molecule has 1 heterocycles. The Morgan fingerprint density at radius 1 is 1.44 bits per heavy atom. The minimum Gasteiger partial charge on any atom is -0.464 e. The van der Waals surface area contributed by atoms with Crippen LogP contribution in [0.5, 0.6) is 0 Å². The van der Waals surface area contributed by atoms with Gasteiger partial charge in [-0.15, -0.1) is 0 Å². The monoisotopic (exact) mass is 248 g/mol. The minimum atomic E-state index is -0.906. The second kappa shape index (κ2) is 5.72. The van der Waals surface area contributed by atoms with Gasteiger partial charge in [-0.1, -0.05) is 13.8 Å². The molecular weight excluding hydrogens is 228 g/mol. The number of nitrogens with zero attached hydrogens (tertiary/aromatic N) is 2. The van der Waals surface area contributed by atoms with Crippen LogP contribution >= 0.6 is 0 Å². The second-order valence-corrected chi connectivity index (χ2v) is 4.57. The maximum atomic E-state index is 12.3. The molecular formula is C14H20N2O2. The third-order valence-corrected chi connectivity index (χ3v) is 3.37. The smallest absolute Gasteiger partial charge is 0.243 e. The number of aryl methyl sites for hydroxylation is 1. The maximum Gasteiger partial charge on any atom is 0.243 e. The number of furan rings is 1. The topological polar surface area (TPSA) is 57.2 Å². The summed E-state index contributed by atoms with van der Waals surface area (Å²) in [6, 6.07) is 5.88. The van der Waals surface area contributed by atoms with Gasteiger partial charge in [0.2, 0.25) is 5.91 Å². The summed E-state index contributed by atoms with van der Waals surface area (Å²) in [6.07, 6.45) is 1.06. The van der Waals surface area contributed by atoms with E-state index >= 15 is 0 Å². The van der Waals surface area contributed by atoms with Gasteiger partial charge in [0.15, 0.2) is 0 Å². The number of carbonyl (C=O) groups is 1. The standard InChI is InChI=1S/C14H20N2O2/c1-5-14(6-2,10-15)13(17)16(4)9-12-8-7-11(3)18-12/h7-8H,5-6,9H2,1-4H3. The molecule has 0 saturated carbocycles. The van der Waals surface area contributed by atoms with Crippen LogP contribution in [-0.4, -0.2) is 17.9 Å². The molecule has 0 saturated heterocycles. The first-order chi connectivity index (χ1) is 8.49. The molecule has 0 spiro atoms. The molecule has 4 nitrogen and oxygen atoms in total. The van der Waals surface area contributed by atoms with E-state index in [-0.39, 0.29) is 5.91 Å². The van der Waals surface area contributed by atoms with Gasteiger partial charge < -0.3 is 9.32 Å². The van der Waals surface area contributed by atoms with Crippen LogP contribution < -0.4 is 0 Å². The Kier molecular flexibility index (Phi) is 4.55. The highest BCUT2D eigenvalue weighted by atomic mass is 16.3. The van der Waals surface area contributed by atoms with Crippen LogP contribution in [0.1, 0.15) is 38.2 Å². The molecule has 0 unspecified atom stereocenters. The van der Waals surface area contributed by atoms with Crippen molar-refractivity contribution >= 4 is 5.91 Å². The largest absolute Gasteiger partial charge is 0.464 e. The summed E-state index contributed by atoms with van der Waals surface area (Å²) < 4.78 is 5.44. The van der Waals surface area contributed by atoms with Crippen molar-refractivity contribution in [3.05, 3.63) is 23.7 Å². The molecule has 0 bridgehead atoms. The van der Waals surface area contributed by atoms with E-state index in [1.807, 2.05) is 32.9 Å². The zero-order valence-electron chi connectivity index (χ0n) is 11.5. The molecule has 18 heavy (non-hydrogen) atoms. The maximum absolute atomic E-state index is 12.3. The lowest BCUT2D eigenvalue weighted by molar-refractivity contribution is -0.138. The Labute approximate surface area is 108 Å². The van der Waals surface area contributed by atoms with Crippen molar-refractivity contribution in [3.63, 3.8) is 0 Å². The molecule has 1 amide bonds. The summed E-state index contributed by atoms with van der Waals surface area (Å²) in [6.45, 7) is 6.00. The Morgan fingerprint density at radius 3 is 2.44 bits per heavy atom. The highest BCUT2D eigenvalue weighted by Crippen LogP contribution is 2.28. The summed E-state index contributed by atoms with van der Waals surface area (Å²) in [5.41, 5.74) is -0.906. The van der Waals surface area contributed by atoms with Gasteiger partial charge in [0.05, 0.1) is 12.6 Å². The van der Waals surface area contributed by atoms with Gasteiger partial charge in [0.1, 0.15) is 16.9 Å². The van der Waals surface area contributed by atoms with Crippen LogP contribution in [0.4, 0.5) is 0 Å². The fourth-order valence-corrected chi connectivity index (χ4v) is 2.00. The zero-order valence-corrected chi connectivity index (χ0v) is 11.5. The van der Waals surface area contributed by atoms with E-state index in [9.17, 15) is 10.1 Å². The van der Waals surface area contributed by atoms with E-state index in [1.165, 1.54) is 0 Å². The number of nitriles is 1. The summed E-state index contributed by atoms with van der Waals surface area (Å²) >= 11 is 0. The Bertz CT molecular complexity index is 453. The van der Waals surface area contributed by atoms with E-state index in [1.54, 1.807) is 11.9 Å². The molecule has 1 rings (SSSR count). The summed E-state index contributed by atoms with van der Waals surface area (Å²) in [4.78, 5) is 13.9. The molecule has 0 atom stereocenters. The van der Waals surface area contributed by atoms with E-state index < -0.39 is 5.41 Å². The Balaban J connectivity index is 2.81. The molecule has 0 aliphatic heterocycles. The van der Waals surface area contributed by atoms with Gasteiger partial charge >= 0.3 is 0 Å². The highest BCUT2D eigenvalue weighted by Gasteiger charge is 2.37. The van der Waals surface area contributed by atoms with E-state index in [0.717, 1.165) is 11.5 Å². The first-order valence-electron chi connectivity index (χ1n) is 6.21. The van der Waals surface area contributed by atoms with Crippen LogP contribution in [0.15, 0.2) is 16.5 Å². The molecule has 0 N–H and O–H groups in total. The predicted octanol–water partition coefficient (Wildman–Crippen LogP) is 2.88. The average Bonchev–Trinajstić information content (AvgIpc) is 2.77. The molecule has 1 aromatic heterocycles. The first-order valence-corrected chi connectivity index (χ1v) is 6.21. The number of amides is 1. The van der Waals surface area contributed by atoms with E-state index in [0.29, 0.717) is 19.4 Å². The second-order valence-electron chi connectivity index (χ2n) is 4.57. The molecule has 0 aliphatic rings. The van der Waals surface area contributed by atoms with Crippen molar-refractivity contribution in [2.75, 3.05) is 7.05 Å². The number of carbonyl (C=O) groups excluding carboxylic acids is 1. The quantitative estimate of drug-likeness (QED) is 0.805. The average molecular weight is 248 g/mol. The van der Waals surface area contributed by atoms with Gasteiger partial charge in [-0.25, -0.2) is 0 Å². The number of rotatable bonds is 5. The Hall–Kier alpha value is -1.76. The van der Waals surface area contributed by atoms with E-state index in [4.69, 9.17) is 4.42 Å². The van der Waals surface area contributed by atoms with Crippen molar-refractivity contribution in [1.29, 1.82) is 5.26 Å². The van der Waals surface area contributed by atoms with Crippen molar-refractivity contribution in [3.8, 4) is 6.07 Å². The molecule has 0 aliphatic carbocycles. The molecule has 0 fully saturated rings. The molecule has 0 radical (unpaired) electrons. The zero-order chi connectivity index (χ0) is 13.8. The summed E-state index contributed by atoms with van der Waals surface area (Å²) in [5, 5.41) is 9.25. The van der Waals surface area contributed by atoms with Gasteiger partial charge in [0, 0.05) is 7.05 Å². The third-order valence-electron chi connectivity index (χ3n) is 3.37.